The van der Waals surface area contributed by atoms with E-state index in [0.29, 0.717) is 26.1 Å². The molecule has 16 heavy (non-hydrogen) atoms. The molecule has 1 fully saturated rings. The van der Waals surface area contributed by atoms with E-state index in [0.717, 1.165) is 0 Å². The predicted molar refractivity (Wildman–Crippen MR) is 60.0 cm³/mol. The molecule has 0 aromatic heterocycles. The predicted octanol–water partition coefficient (Wildman–Crippen LogP) is 1.51. The summed E-state index contributed by atoms with van der Waals surface area (Å²) in [6.45, 7) is 8.13. The van der Waals surface area contributed by atoms with Crippen LogP contribution in [-0.2, 0) is 14.3 Å². The Morgan fingerprint density at radius 1 is 1.38 bits per heavy atom. The summed E-state index contributed by atoms with van der Waals surface area (Å²) < 4.78 is 10.4. The fourth-order valence-electron chi connectivity index (χ4n) is 2.06. The molecule has 1 aliphatic rings. The number of carbonyl (C=O) groups is 1. The Kier molecular flexibility index (Phi) is 3.97. The summed E-state index contributed by atoms with van der Waals surface area (Å²) in [7, 11) is 0. The van der Waals surface area contributed by atoms with Crippen molar-refractivity contribution in [3.63, 3.8) is 0 Å². The van der Waals surface area contributed by atoms with Crippen molar-refractivity contribution >= 4 is 5.97 Å². The van der Waals surface area contributed by atoms with E-state index in [9.17, 15) is 9.90 Å². The van der Waals surface area contributed by atoms with Crippen LogP contribution in [0.15, 0.2) is 0 Å². The molecule has 0 aliphatic heterocycles. The van der Waals surface area contributed by atoms with E-state index < -0.39 is 11.0 Å². The van der Waals surface area contributed by atoms with E-state index in [1.165, 1.54) is 0 Å². The maximum Gasteiger partial charge on any atom is 0.314 e. The van der Waals surface area contributed by atoms with E-state index in [1.807, 2.05) is 6.92 Å². The van der Waals surface area contributed by atoms with E-state index in [1.54, 1.807) is 20.8 Å². The zero-order valence-electron chi connectivity index (χ0n) is 10.6. The molecule has 0 aromatic rings. The van der Waals surface area contributed by atoms with Crippen LogP contribution in [-0.4, -0.2) is 36.0 Å². The number of aliphatic hydroxyl groups is 1. The Morgan fingerprint density at radius 2 is 1.94 bits per heavy atom. The molecule has 1 aliphatic carbocycles. The summed E-state index contributed by atoms with van der Waals surface area (Å²) in [6.07, 6.45) is 1.09. The molecule has 1 saturated carbocycles. The Labute approximate surface area is 96.9 Å². The van der Waals surface area contributed by atoms with Crippen LogP contribution in [0.1, 0.15) is 40.5 Å². The van der Waals surface area contributed by atoms with Gasteiger partial charge in [0.2, 0.25) is 0 Å². The van der Waals surface area contributed by atoms with Gasteiger partial charge in [0.25, 0.3) is 0 Å². The monoisotopic (exact) mass is 230 g/mol. The van der Waals surface area contributed by atoms with Gasteiger partial charge in [-0.25, -0.2) is 0 Å². The molecule has 0 aromatic carbocycles. The van der Waals surface area contributed by atoms with Crippen molar-refractivity contribution in [3.05, 3.63) is 0 Å². The lowest BCUT2D eigenvalue weighted by atomic mass is 9.61. The first kappa shape index (κ1) is 13.5. The van der Waals surface area contributed by atoms with Gasteiger partial charge in [-0.2, -0.15) is 0 Å². The molecule has 0 radical (unpaired) electrons. The lowest BCUT2D eigenvalue weighted by Crippen LogP contribution is -2.60. The first-order valence-electron chi connectivity index (χ1n) is 5.88. The molecule has 94 valence electrons. The van der Waals surface area contributed by atoms with Crippen molar-refractivity contribution in [3.8, 4) is 0 Å². The molecule has 0 bridgehead atoms. The SMILES string of the molecule is CCOC(=O)C(C)(C)C1(O)CC(OCC)C1. The van der Waals surface area contributed by atoms with E-state index in [4.69, 9.17) is 9.47 Å². The van der Waals surface area contributed by atoms with E-state index in [-0.39, 0.29) is 12.1 Å². The van der Waals surface area contributed by atoms with Crippen molar-refractivity contribution < 1.29 is 19.4 Å². The quantitative estimate of drug-likeness (QED) is 0.727. The minimum absolute atomic E-state index is 0.0729. The van der Waals surface area contributed by atoms with E-state index >= 15 is 0 Å². The van der Waals surface area contributed by atoms with Crippen molar-refractivity contribution in [1.29, 1.82) is 0 Å². The van der Waals surface area contributed by atoms with Crippen LogP contribution in [0.3, 0.4) is 0 Å². The van der Waals surface area contributed by atoms with Gasteiger partial charge in [-0.1, -0.05) is 0 Å². The first-order valence-corrected chi connectivity index (χ1v) is 5.88. The van der Waals surface area contributed by atoms with Gasteiger partial charge in [0.1, 0.15) is 0 Å². The van der Waals surface area contributed by atoms with Gasteiger partial charge < -0.3 is 14.6 Å². The largest absolute Gasteiger partial charge is 0.465 e. The van der Waals surface area contributed by atoms with Gasteiger partial charge in [0.15, 0.2) is 0 Å². The zero-order chi connectivity index (χ0) is 12.4. The second kappa shape index (κ2) is 4.72. The summed E-state index contributed by atoms with van der Waals surface area (Å²) in [5.41, 5.74) is -1.85. The Morgan fingerprint density at radius 3 is 2.38 bits per heavy atom. The van der Waals surface area contributed by atoms with Gasteiger partial charge in [-0.3, -0.25) is 4.79 Å². The molecule has 0 atom stereocenters. The highest BCUT2D eigenvalue weighted by Gasteiger charge is 2.57. The van der Waals surface area contributed by atoms with Crippen LogP contribution < -0.4 is 0 Å². The normalized spacial score (nSPS) is 29.7. The lowest BCUT2D eigenvalue weighted by molar-refractivity contribution is -0.209. The third kappa shape index (κ3) is 2.23. The average Bonchev–Trinajstić information content (AvgIpc) is 2.15. The second-order valence-electron chi connectivity index (χ2n) is 4.86. The number of hydrogen-bond acceptors (Lipinski definition) is 4. The average molecular weight is 230 g/mol. The van der Waals surface area contributed by atoms with Crippen LogP contribution in [0.25, 0.3) is 0 Å². The minimum atomic E-state index is -0.987. The van der Waals surface area contributed by atoms with Crippen molar-refractivity contribution in [1.82, 2.24) is 0 Å². The molecular formula is C12H22O4. The fraction of sp³-hybridized carbons (Fsp3) is 0.917. The molecule has 0 unspecified atom stereocenters. The van der Waals surface area contributed by atoms with Crippen LogP contribution in [0.4, 0.5) is 0 Å². The van der Waals surface area contributed by atoms with Gasteiger partial charge in [0.05, 0.1) is 23.7 Å². The van der Waals surface area contributed by atoms with Gasteiger partial charge in [-0.15, -0.1) is 0 Å². The third-order valence-corrected chi connectivity index (χ3v) is 3.48. The summed E-state index contributed by atoms with van der Waals surface area (Å²) in [5.74, 6) is -0.340. The maximum atomic E-state index is 11.7. The Bertz CT molecular complexity index is 254. The minimum Gasteiger partial charge on any atom is -0.465 e. The first-order chi connectivity index (χ1) is 7.37. The van der Waals surface area contributed by atoms with Crippen LogP contribution >= 0.6 is 0 Å². The number of ether oxygens (including phenoxy) is 2. The topological polar surface area (TPSA) is 55.8 Å². The van der Waals surface area contributed by atoms with E-state index in [2.05, 4.69) is 0 Å². The Hall–Kier alpha value is -0.610. The Balaban J connectivity index is 2.60. The zero-order valence-corrected chi connectivity index (χ0v) is 10.6. The standard InChI is InChI=1S/C12H22O4/c1-5-15-9-7-12(14,8-9)11(3,4)10(13)16-6-2/h9,14H,5-8H2,1-4H3. The van der Waals surface area contributed by atoms with Gasteiger partial charge in [-0.05, 0) is 27.7 Å². The summed E-state index contributed by atoms with van der Waals surface area (Å²) in [5, 5.41) is 10.4. The molecule has 0 amide bonds. The number of rotatable bonds is 5. The van der Waals surface area contributed by atoms with Crippen LogP contribution in [0.2, 0.25) is 0 Å². The van der Waals surface area contributed by atoms with Gasteiger partial charge >= 0.3 is 5.97 Å². The second-order valence-corrected chi connectivity index (χ2v) is 4.86. The number of esters is 1. The summed E-state index contributed by atoms with van der Waals surface area (Å²) in [6, 6.07) is 0. The molecule has 4 heteroatoms. The number of carbonyl (C=O) groups excluding carboxylic acids is 1. The molecule has 1 rings (SSSR count). The highest BCUT2D eigenvalue weighted by molar-refractivity contribution is 5.77. The summed E-state index contributed by atoms with van der Waals surface area (Å²) in [4.78, 5) is 11.7. The smallest absolute Gasteiger partial charge is 0.314 e. The molecular weight excluding hydrogens is 208 g/mol. The van der Waals surface area contributed by atoms with Gasteiger partial charge in [0, 0.05) is 19.4 Å². The number of hydrogen-bond donors (Lipinski definition) is 1. The molecule has 0 spiro atoms. The van der Waals surface area contributed by atoms with Crippen molar-refractivity contribution in [2.75, 3.05) is 13.2 Å². The highest BCUT2D eigenvalue weighted by atomic mass is 16.5. The third-order valence-electron chi connectivity index (χ3n) is 3.48. The summed E-state index contributed by atoms with van der Waals surface area (Å²) >= 11 is 0. The fourth-order valence-corrected chi connectivity index (χ4v) is 2.06. The molecule has 0 saturated heterocycles. The van der Waals surface area contributed by atoms with Crippen molar-refractivity contribution in [2.24, 2.45) is 5.41 Å². The molecule has 4 nitrogen and oxygen atoms in total. The molecule has 1 N–H and O–H groups in total. The van der Waals surface area contributed by atoms with Crippen molar-refractivity contribution in [2.45, 2.75) is 52.2 Å². The van der Waals surface area contributed by atoms with Crippen LogP contribution in [0.5, 0.6) is 0 Å². The molecule has 0 heterocycles. The maximum absolute atomic E-state index is 11.7. The van der Waals surface area contributed by atoms with Crippen LogP contribution in [0, 0.1) is 5.41 Å². The lowest BCUT2D eigenvalue weighted by Gasteiger charge is -2.51. The highest BCUT2D eigenvalue weighted by Crippen LogP contribution is 2.47.